The Balaban J connectivity index is 2.69. The summed E-state index contributed by atoms with van der Waals surface area (Å²) in [6.07, 6.45) is -0.937. The zero-order chi connectivity index (χ0) is 16.2. The van der Waals surface area contributed by atoms with Crippen molar-refractivity contribution in [2.24, 2.45) is 0 Å². The molecule has 1 rings (SSSR count). The van der Waals surface area contributed by atoms with E-state index in [-0.39, 0.29) is 0 Å². The average Bonchev–Trinajstić information content (AvgIpc) is 2.76. The number of carboxylic acid groups (broad SMARTS) is 1. The van der Waals surface area contributed by atoms with Gasteiger partial charge in [-0.3, -0.25) is 19.8 Å². The molecule has 1 fully saturated rings. The van der Waals surface area contributed by atoms with Crippen LogP contribution in [-0.2, 0) is 19.1 Å². The quantitative estimate of drug-likeness (QED) is 0.781. The zero-order valence-corrected chi connectivity index (χ0v) is 12.7. The van der Waals surface area contributed by atoms with Crippen LogP contribution in [0, 0.1) is 0 Å². The van der Waals surface area contributed by atoms with Gasteiger partial charge in [0.25, 0.3) is 5.91 Å². The number of methoxy groups -OCH3 is 1. The number of amides is 2. The standard InChI is InChI=1S/C13H22N2O6/c1-13(2,3)21-12(19)14-9(16)10(20-4)15-7-5-6-8(15)11(17)18/h8,10H,5-7H2,1-4H3,(H,17,18)(H,14,16,19)/t8-,10?/m0/s1. The van der Waals surface area contributed by atoms with Crippen LogP contribution in [0.3, 0.4) is 0 Å². The second-order valence-electron chi connectivity index (χ2n) is 5.81. The minimum absolute atomic E-state index is 0.414. The highest BCUT2D eigenvalue weighted by Crippen LogP contribution is 2.21. The van der Waals surface area contributed by atoms with Gasteiger partial charge in [-0.2, -0.15) is 0 Å². The molecular weight excluding hydrogens is 280 g/mol. The molecular formula is C13H22N2O6. The predicted molar refractivity (Wildman–Crippen MR) is 72.5 cm³/mol. The third kappa shape index (κ3) is 4.98. The van der Waals surface area contributed by atoms with E-state index in [1.54, 1.807) is 20.8 Å². The van der Waals surface area contributed by atoms with Gasteiger partial charge in [-0.15, -0.1) is 0 Å². The molecule has 0 saturated carbocycles. The molecule has 0 aromatic carbocycles. The number of carbonyl (C=O) groups excluding carboxylic acids is 2. The lowest BCUT2D eigenvalue weighted by Gasteiger charge is -2.28. The molecule has 1 aliphatic heterocycles. The van der Waals surface area contributed by atoms with Crippen molar-refractivity contribution < 1.29 is 29.0 Å². The molecule has 2 amide bonds. The van der Waals surface area contributed by atoms with E-state index in [9.17, 15) is 14.4 Å². The molecule has 8 nitrogen and oxygen atoms in total. The summed E-state index contributed by atoms with van der Waals surface area (Å²) >= 11 is 0. The van der Waals surface area contributed by atoms with Gasteiger partial charge in [-0.05, 0) is 33.6 Å². The van der Waals surface area contributed by atoms with E-state index in [0.717, 1.165) is 0 Å². The van der Waals surface area contributed by atoms with Crippen molar-refractivity contribution in [3.05, 3.63) is 0 Å². The Morgan fingerprint density at radius 3 is 2.43 bits per heavy atom. The topological polar surface area (TPSA) is 105 Å². The summed E-state index contributed by atoms with van der Waals surface area (Å²) in [5.74, 6) is -1.75. The second-order valence-corrected chi connectivity index (χ2v) is 5.81. The minimum Gasteiger partial charge on any atom is -0.480 e. The van der Waals surface area contributed by atoms with Gasteiger partial charge in [0.05, 0.1) is 0 Å². The van der Waals surface area contributed by atoms with Gasteiger partial charge in [0.2, 0.25) is 0 Å². The lowest BCUT2D eigenvalue weighted by atomic mass is 10.2. The van der Waals surface area contributed by atoms with Gasteiger partial charge >= 0.3 is 12.1 Å². The third-order valence-electron chi connectivity index (χ3n) is 2.95. The molecule has 0 radical (unpaired) electrons. The van der Waals surface area contributed by atoms with Crippen LogP contribution in [0.2, 0.25) is 0 Å². The molecule has 0 aliphatic carbocycles. The van der Waals surface area contributed by atoms with Crippen LogP contribution < -0.4 is 5.32 Å². The van der Waals surface area contributed by atoms with Gasteiger partial charge in [0.15, 0.2) is 6.23 Å². The molecule has 21 heavy (non-hydrogen) atoms. The van der Waals surface area contributed by atoms with E-state index in [0.29, 0.717) is 19.4 Å². The van der Waals surface area contributed by atoms with E-state index in [1.807, 2.05) is 0 Å². The first-order valence-electron chi connectivity index (χ1n) is 6.71. The van der Waals surface area contributed by atoms with E-state index in [4.69, 9.17) is 14.6 Å². The predicted octanol–water partition coefficient (Wildman–Crippen LogP) is 0.559. The monoisotopic (exact) mass is 302 g/mol. The smallest absolute Gasteiger partial charge is 0.414 e. The number of hydrogen-bond donors (Lipinski definition) is 2. The number of rotatable bonds is 4. The van der Waals surface area contributed by atoms with Gasteiger partial charge in [0, 0.05) is 13.7 Å². The van der Waals surface area contributed by atoms with E-state index < -0.39 is 35.8 Å². The highest BCUT2D eigenvalue weighted by molar-refractivity contribution is 5.94. The molecule has 120 valence electrons. The van der Waals surface area contributed by atoms with Crippen molar-refractivity contribution in [2.75, 3.05) is 13.7 Å². The van der Waals surface area contributed by atoms with E-state index >= 15 is 0 Å². The number of hydrogen-bond acceptors (Lipinski definition) is 6. The molecule has 0 bridgehead atoms. The van der Waals surface area contributed by atoms with Gasteiger partial charge < -0.3 is 14.6 Å². The Morgan fingerprint density at radius 2 is 1.95 bits per heavy atom. The number of imide groups is 1. The molecule has 0 aromatic rings. The van der Waals surface area contributed by atoms with Crippen LogP contribution in [-0.4, -0.2) is 59.5 Å². The maximum atomic E-state index is 12.1. The molecule has 2 atom stereocenters. The molecule has 1 unspecified atom stereocenters. The Labute approximate surface area is 123 Å². The highest BCUT2D eigenvalue weighted by atomic mass is 16.6. The fourth-order valence-electron chi connectivity index (χ4n) is 2.19. The zero-order valence-electron chi connectivity index (χ0n) is 12.7. The Bertz CT molecular complexity index is 417. The summed E-state index contributed by atoms with van der Waals surface area (Å²) in [7, 11) is 1.29. The van der Waals surface area contributed by atoms with E-state index in [2.05, 4.69) is 5.32 Å². The summed E-state index contributed by atoms with van der Waals surface area (Å²) < 4.78 is 10.0. The van der Waals surface area contributed by atoms with Gasteiger partial charge in [0.1, 0.15) is 11.6 Å². The van der Waals surface area contributed by atoms with Crippen LogP contribution in [0.5, 0.6) is 0 Å². The number of likely N-dealkylation sites (tertiary alicyclic amines) is 1. The number of carboxylic acids is 1. The Hall–Kier alpha value is -1.67. The third-order valence-corrected chi connectivity index (χ3v) is 2.95. The van der Waals surface area contributed by atoms with Crippen LogP contribution in [0.25, 0.3) is 0 Å². The first-order chi connectivity index (χ1) is 9.65. The molecule has 0 spiro atoms. The maximum Gasteiger partial charge on any atom is 0.414 e. The van der Waals surface area contributed by atoms with Crippen molar-refractivity contribution in [1.29, 1.82) is 0 Å². The van der Waals surface area contributed by atoms with Crippen molar-refractivity contribution in [3.8, 4) is 0 Å². The number of alkyl carbamates (subject to hydrolysis) is 1. The lowest BCUT2D eigenvalue weighted by Crippen LogP contribution is -2.53. The summed E-state index contributed by atoms with van der Waals surface area (Å²) in [5.41, 5.74) is -0.732. The largest absolute Gasteiger partial charge is 0.480 e. The van der Waals surface area contributed by atoms with Crippen molar-refractivity contribution >= 4 is 18.0 Å². The number of carbonyl (C=O) groups is 3. The Kier molecular flexibility index (Phi) is 5.68. The van der Waals surface area contributed by atoms with Crippen LogP contribution >= 0.6 is 0 Å². The van der Waals surface area contributed by atoms with E-state index in [1.165, 1.54) is 12.0 Å². The average molecular weight is 302 g/mol. The fraction of sp³-hybridized carbons (Fsp3) is 0.769. The lowest BCUT2D eigenvalue weighted by molar-refractivity contribution is -0.153. The SMILES string of the molecule is COC(C(=O)NC(=O)OC(C)(C)C)N1CCC[C@H]1C(=O)O. The summed E-state index contributed by atoms with van der Waals surface area (Å²) in [6, 6.07) is -0.792. The fourth-order valence-corrected chi connectivity index (χ4v) is 2.19. The van der Waals surface area contributed by atoms with Crippen LogP contribution in [0.1, 0.15) is 33.6 Å². The molecule has 1 heterocycles. The maximum absolute atomic E-state index is 12.1. The second kappa shape index (κ2) is 6.86. The number of ether oxygens (including phenoxy) is 2. The number of aliphatic carboxylic acids is 1. The molecule has 2 N–H and O–H groups in total. The van der Waals surface area contributed by atoms with Crippen molar-refractivity contribution in [3.63, 3.8) is 0 Å². The summed E-state index contributed by atoms with van der Waals surface area (Å²) in [5, 5.41) is 11.2. The normalized spacial score (nSPS) is 20.9. The molecule has 1 saturated heterocycles. The summed E-state index contributed by atoms with van der Waals surface area (Å²) in [6.45, 7) is 5.43. The highest BCUT2D eigenvalue weighted by Gasteiger charge is 2.39. The van der Waals surface area contributed by atoms with Crippen LogP contribution in [0.15, 0.2) is 0 Å². The van der Waals surface area contributed by atoms with Crippen LogP contribution in [0.4, 0.5) is 4.79 Å². The minimum atomic E-state index is -1.14. The summed E-state index contributed by atoms with van der Waals surface area (Å²) in [4.78, 5) is 36.2. The molecule has 0 aromatic heterocycles. The Morgan fingerprint density at radius 1 is 1.33 bits per heavy atom. The van der Waals surface area contributed by atoms with Crippen molar-refractivity contribution in [1.82, 2.24) is 10.2 Å². The first kappa shape index (κ1) is 17.4. The molecule has 1 aliphatic rings. The first-order valence-corrected chi connectivity index (χ1v) is 6.71. The van der Waals surface area contributed by atoms with Gasteiger partial charge in [-0.25, -0.2) is 4.79 Å². The number of nitrogens with zero attached hydrogens (tertiary/aromatic N) is 1. The van der Waals surface area contributed by atoms with Gasteiger partial charge in [-0.1, -0.05) is 0 Å². The molecule has 8 heteroatoms. The van der Waals surface area contributed by atoms with Crippen molar-refractivity contribution in [2.45, 2.75) is 51.5 Å². The number of nitrogens with one attached hydrogen (secondary N) is 1.